The summed E-state index contributed by atoms with van der Waals surface area (Å²) >= 11 is 0. The summed E-state index contributed by atoms with van der Waals surface area (Å²) in [5, 5.41) is 12.1. The van der Waals surface area contributed by atoms with Crippen molar-refractivity contribution in [1.29, 1.82) is 0 Å². The second-order valence-corrected chi connectivity index (χ2v) is 9.64. The molecule has 10 heteroatoms. The second kappa shape index (κ2) is 13.8. The van der Waals surface area contributed by atoms with Gasteiger partial charge < -0.3 is 21.3 Å². The molecule has 2 aromatic heterocycles. The second-order valence-electron chi connectivity index (χ2n) is 9.64. The molecule has 1 aromatic carbocycles. The summed E-state index contributed by atoms with van der Waals surface area (Å²) in [5.74, 6) is -0.0684. The minimum absolute atomic E-state index is 0.0425. The number of aromatic nitrogens is 3. The van der Waals surface area contributed by atoms with E-state index < -0.39 is 11.3 Å². The van der Waals surface area contributed by atoms with Crippen molar-refractivity contribution in [2.45, 2.75) is 40.0 Å². The Hall–Kier alpha value is -4.60. The zero-order valence-corrected chi connectivity index (χ0v) is 22.6. The standard InChI is InChI=1S/C29H35N7O3/c1-5-13-31-25-24(19-33-28(36-25)32-16-12-20-10-14-30-15-11-20)26(38)34-21-8-7-9-22(17-21)35-27(39)29(3,4)18-23(37)6-2/h6-11,14-15,17,19H,2,5,12-13,16,18H2,1,3-4H3,(H,34,38)(H,35,39)(H2,31,32,33,36). The van der Waals surface area contributed by atoms with Gasteiger partial charge in [0.15, 0.2) is 5.78 Å². The van der Waals surface area contributed by atoms with Gasteiger partial charge in [-0.2, -0.15) is 4.98 Å². The van der Waals surface area contributed by atoms with E-state index in [1.165, 1.54) is 12.3 Å². The topological polar surface area (TPSA) is 138 Å². The van der Waals surface area contributed by atoms with Crippen molar-refractivity contribution in [3.63, 3.8) is 0 Å². The van der Waals surface area contributed by atoms with E-state index >= 15 is 0 Å². The monoisotopic (exact) mass is 529 g/mol. The van der Waals surface area contributed by atoms with Crippen LogP contribution in [0.1, 0.15) is 49.5 Å². The van der Waals surface area contributed by atoms with Crippen molar-refractivity contribution in [2.75, 3.05) is 34.4 Å². The summed E-state index contributed by atoms with van der Waals surface area (Å²) in [6, 6.07) is 10.7. The Morgan fingerprint density at radius 2 is 1.72 bits per heavy atom. The van der Waals surface area contributed by atoms with E-state index in [0.717, 1.165) is 18.4 Å². The summed E-state index contributed by atoms with van der Waals surface area (Å²) in [7, 11) is 0. The van der Waals surface area contributed by atoms with Gasteiger partial charge in [0, 0.05) is 49.5 Å². The van der Waals surface area contributed by atoms with Crippen molar-refractivity contribution in [2.24, 2.45) is 5.41 Å². The highest BCUT2D eigenvalue weighted by atomic mass is 16.2. The van der Waals surface area contributed by atoms with Crippen LogP contribution in [0, 0.1) is 5.41 Å². The average molecular weight is 530 g/mol. The molecule has 0 atom stereocenters. The largest absolute Gasteiger partial charge is 0.369 e. The van der Waals surface area contributed by atoms with Gasteiger partial charge in [0.25, 0.3) is 5.91 Å². The third-order valence-corrected chi connectivity index (χ3v) is 5.86. The van der Waals surface area contributed by atoms with Gasteiger partial charge in [-0.3, -0.25) is 19.4 Å². The fourth-order valence-corrected chi connectivity index (χ4v) is 3.64. The normalized spacial score (nSPS) is 10.8. The Kier molecular flexibility index (Phi) is 10.3. The van der Waals surface area contributed by atoms with Gasteiger partial charge >= 0.3 is 0 Å². The van der Waals surface area contributed by atoms with Crippen LogP contribution < -0.4 is 21.3 Å². The molecule has 0 unspecified atom stereocenters. The predicted molar refractivity (Wildman–Crippen MR) is 154 cm³/mol. The molecule has 0 aliphatic carbocycles. The first-order valence-electron chi connectivity index (χ1n) is 12.8. The maximum absolute atomic E-state index is 13.2. The first-order chi connectivity index (χ1) is 18.7. The molecule has 204 valence electrons. The van der Waals surface area contributed by atoms with Crippen LogP contribution in [0.4, 0.5) is 23.1 Å². The van der Waals surface area contributed by atoms with Gasteiger partial charge in [-0.15, -0.1) is 0 Å². The van der Waals surface area contributed by atoms with E-state index in [-0.39, 0.29) is 18.1 Å². The van der Waals surface area contributed by atoms with Crippen LogP contribution in [0.3, 0.4) is 0 Å². The van der Waals surface area contributed by atoms with Crippen molar-refractivity contribution >= 4 is 40.7 Å². The minimum atomic E-state index is -0.921. The Morgan fingerprint density at radius 1 is 1.00 bits per heavy atom. The van der Waals surface area contributed by atoms with Crippen LogP contribution in [0.2, 0.25) is 0 Å². The summed E-state index contributed by atoms with van der Waals surface area (Å²) in [4.78, 5) is 50.5. The highest BCUT2D eigenvalue weighted by Gasteiger charge is 2.29. The SMILES string of the molecule is C=CC(=O)CC(C)(C)C(=O)Nc1cccc(NC(=O)c2cnc(NCCc3ccncc3)nc2NCCC)c1. The van der Waals surface area contributed by atoms with E-state index in [0.29, 0.717) is 41.8 Å². The number of hydrogen-bond acceptors (Lipinski definition) is 8. The molecular weight excluding hydrogens is 494 g/mol. The van der Waals surface area contributed by atoms with Crippen LogP contribution in [-0.2, 0) is 16.0 Å². The Bertz CT molecular complexity index is 1310. The predicted octanol–water partition coefficient (Wildman–Crippen LogP) is 4.71. The van der Waals surface area contributed by atoms with E-state index in [1.807, 2.05) is 19.1 Å². The number of benzene rings is 1. The molecule has 39 heavy (non-hydrogen) atoms. The van der Waals surface area contributed by atoms with E-state index in [1.54, 1.807) is 50.5 Å². The van der Waals surface area contributed by atoms with Crippen molar-refractivity contribution in [3.05, 3.63) is 78.8 Å². The van der Waals surface area contributed by atoms with Crippen LogP contribution in [-0.4, -0.2) is 45.6 Å². The zero-order valence-electron chi connectivity index (χ0n) is 22.6. The molecule has 2 amide bonds. The molecule has 3 aromatic rings. The van der Waals surface area contributed by atoms with Crippen LogP contribution >= 0.6 is 0 Å². The molecule has 0 aliphatic heterocycles. The molecule has 0 fully saturated rings. The quantitative estimate of drug-likeness (QED) is 0.220. The van der Waals surface area contributed by atoms with Crippen LogP contribution in [0.5, 0.6) is 0 Å². The maximum Gasteiger partial charge on any atom is 0.260 e. The summed E-state index contributed by atoms with van der Waals surface area (Å²) < 4.78 is 0. The highest BCUT2D eigenvalue weighted by molar-refractivity contribution is 6.08. The van der Waals surface area contributed by atoms with E-state index in [4.69, 9.17) is 0 Å². The van der Waals surface area contributed by atoms with Crippen molar-refractivity contribution in [3.8, 4) is 0 Å². The molecule has 0 saturated carbocycles. The van der Waals surface area contributed by atoms with Gasteiger partial charge in [0.2, 0.25) is 11.9 Å². The molecular formula is C29H35N7O3. The smallest absolute Gasteiger partial charge is 0.260 e. The molecule has 4 N–H and O–H groups in total. The fraction of sp³-hybridized carbons (Fsp3) is 0.310. The molecule has 0 radical (unpaired) electrons. The van der Waals surface area contributed by atoms with Crippen molar-refractivity contribution in [1.82, 2.24) is 15.0 Å². The number of ketones is 1. The van der Waals surface area contributed by atoms with Gasteiger partial charge in [-0.25, -0.2) is 4.98 Å². The number of rotatable bonds is 14. The lowest BCUT2D eigenvalue weighted by atomic mass is 9.86. The number of pyridine rings is 1. The van der Waals surface area contributed by atoms with Gasteiger partial charge in [-0.1, -0.05) is 33.4 Å². The number of anilines is 4. The third kappa shape index (κ3) is 8.74. The number of allylic oxidation sites excluding steroid dienone is 1. The Balaban J connectivity index is 1.68. The van der Waals surface area contributed by atoms with Gasteiger partial charge in [0.05, 0.1) is 5.41 Å². The number of carbonyl (C=O) groups excluding carboxylic acids is 3. The summed E-state index contributed by atoms with van der Waals surface area (Å²) in [5.41, 5.74) is 1.49. The zero-order chi connectivity index (χ0) is 28.3. The average Bonchev–Trinajstić information content (AvgIpc) is 2.92. The lowest BCUT2D eigenvalue weighted by Gasteiger charge is -2.22. The number of amides is 2. The lowest BCUT2D eigenvalue weighted by molar-refractivity contribution is -0.128. The molecule has 0 saturated heterocycles. The summed E-state index contributed by atoms with van der Waals surface area (Å²) in [6.07, 6.45) is 7.88. The fourth-order valence-electron chi connectivity index (χ4n) is 3.64. The van der Waals surface area contributed by atoms with Crippen LogP contribution in [0.25, 0.3) is 0 Å². The van der Waals surface area contributed by atoms with E-state index in [2.05, 4.69) is 42.8 Å². The third-order valence-electron chi connectivity index (χ3n) is 5.86. The molecule has 2 heterocycles. The van der Waals surface area contributed by atoms with Gasteiger partial charge in [-0.05, 0) is 54.8 Å². The van der Waals surface area contributed by atoms with Crippen LogP contribution in [0.15, 0.2) is 67.6 Å². The molecule has 3 rings (SSSR count). The number of hydrogen-bond donors (Lipinski definition) is 4. The van der Waals surface area contributed by atoms with E-state index in [9.17, 15) is 14.4 Å². The highest BCUT2D eigenvalue weighted by Crippen LogP contribution is 2.25. The summed E-state index contributed by atoms with van der Waals surface area (Å²) in [6.45, 7) is 10.1. The Labute approximate surface area is 228 Å². The maximum atomic E-state index is 13.2. The minimum Gasteiger partial charge on any atom is -0.369 e. The first kappa shape index (κ1) is 29.0. The van der Waals surface area contributed by atoms with Crippen molar-refractivity contribution < 1.29 is 14.4 Å². The molecule has 0 aliphatic rings. The number of nitrogens with one attached hydrogen (secondary N) is 4. The number of nitrogens with zero attached hydrogens (tertiary/aromatic N) is 3. The first-order valence-corrected chi connectivity index (χ1v) is 12.8. The lowest BCUT2D eigenvalue weighted by Crippen LogP contribution is -2.32. The molecule has 10 nitrogen and oxygen atoms in total. The van der Waals surface area contributed by atoms with Gasteiger partial charge in [0.1, 0.15) is 11.4 Å². The number of carbonyl (C=O) groups is 3. The Morgan fingerprint density at radius 3 is 2.41 bits per heavy atom. The molecule has 0 bridgehead atoms. The molecule has 0 spiro atoms.